The first-order valence-electron chi connectivity index (χ1n) is 8.87. The number of carboxylic acid groups (broad SMARTS) is 2. The molecule has 1 unspecified atom stereocenters. The number of rotatable bonds is 10. The average molecular weight is 338 g/mol. The number of hydrogen-bond acceptors (Lipinski definition) is 2. The minimum atomic E-state index is -1.31. The van der Waals surface area contributed by atoms with E-state index in [-0.39, 0.29) is 0 Å². The van der Waals surface area contributed by atoms with Gasteiger partial charge in [-0.25, -0.2) is 0 Å². The van der Waals surface area contributed by atoms with Crippen LogP contribution in [0.3, 0.4) is 0 Å². The molecular weight excluding hydrogens is 303 g/mol. The maximum absolute atomic E-state index is 9.43. The fraction of sp³-hybridized carbons (Fsp3) is 0.889. The molecule has 0 radical (unpaired) electrons. The summed E-state index contributed by atoms with van der Waals surface area (Å²) in [5.41, 5.74) is 0.501. The Hall–Kier alpha value is -0.0600. The van der Waals surface area contributed by atoms with Crippen LogP contribution in [0.1, 0.15) is 92.4 Å². The molecule has 0 fully saturated rings. The van der Waals surface area contributed by atoms with E-state index >= 15 is 0 Å². The standard InChI is InChI=1S/C15H31.C3H4O4.Na/c1-6-7-8-9-10-11-12-13-14(2)15(3,4)5;4-2(5)1-3(6)7;/h6-13H2,1-5H3;1H2,(H,4,5)(H,6,7);. The summed E-state index contributed by atoms with van der Waals surface area (Å²) in [7, 11) is 0. The molecule has 0 amide bonds. The van der Waals surface area contributed by atoms with Gasteiger partial charge in [-0.2, -0.15) is 0 Å². The molecule has 0 heterocycles. The van der Waals surface area contributed by atoms with Gasteiger partial charge in [-0.1, -0.05) is 0 Å². The van der Waals surface area contributed by atoms with Crippen molar-refractivity contribution in [1.82, 2.24) is 0 Å². The first-order valence-corrected chi connectivity index (χ1v) is 9.87. The Morgan fingerprint density at radius 3 is 1.52 bits per heavy atom. The minimum absolute atomic E-state index is 0.501. The van der Waals surface area contributed by atoms with Gasteiger partial charge < -0.3 is 10.2 Å². The first-order chi connectivity index (χ1) is 10.4. The van der Waals surface area contributed by atoms with Crippen LogP contribution in [0, 0.1) is 5.41 Å². The first kappa shape index (κ1) is 25.2. The quantitative estimate of drug-likeness (QED) is 0.331. The second-order valence-electron chi connectivity index (χ2n) is 7.97. The van der Waals surface area contributed by atoms with Gasteiger partial charge in [-0.05, 0) is 0 Å². The van der Waals surface area contributed by atoms with Gasteiger partial charge in [0.05, 0.1) is 0 Å². The van der Waals surface area contributed by atoms with E-state index in [4.69, 9.17) is 10.2 Å². The SMILES string of the molecule is CCCCCCCCC[C](C)([Na])C(C)(C)C.O=C(O)CC(=O)O. The third-order valence-corrected chi connectivity index (χ3v) is 6.74. The van der Waals surface area contributed by atoms with Gasteiger partial charge in [0.2, 0.25) is 0 Å². The van der Waals surface area contributed by atoms with Crippen molar-refractivity contribution in [2.45, 2.75) is 95.1 Å². The van der Waals surface area contributed by atoms with Crippen LogP contribution in [0.15, 0.2) is 0 Å². The molecule has 0 aromatic carbocycles. The van der Waals surface area contributed by atoms with Crippen LogP contribution in [0.25, 0.3) is 0 Å². The fourth-order valence-corrected chi connectivity index (χ4v) is 2.38. The van der Waals surface area contributed by atoms with Crippen molar-refractivity contribution in [1.29, 1.82) is 0 Å². The summed E-state index contributed by atoms with van der Waals surface area (Å²) in [4.78, 5) is 18.9. The molecule has 2 N–H and O–H groups in total. The van der Waals surface area contributed by atoms with Crippen molar-refractivity contribution in [2.24, 2.45) is 5.41 Å². The van der Waals surface area contributed by atoms with E-state index in [0.717, 1.165) is 0 Å². The Bertz CT molecular complexity index is 320. The van der Waals surface area contributed by atoms with Gasteiger partial charge in [0.25, 0.3) is 0 Å². The van der Waals surface area contributed by atoms with Crippen LogP contribution >= 0.6 is 0 Å². The Kier molecular flexibility index (Phi) is 14.5. The zero-order valence-electron chi connectivity index (χ0n) is 16.1. The van der Waals surface area contributed by atoms with Gasteiger partial charge in [-0.15, -0.1) is 0 Å². The largest absolute Gasteiger partial charge is 0.481 e. The Morgan fingerprint density at radius 2 is 1.22 bits per heavy atom. The molecule has 0 aliphatic carbocycles. The summed E-state index contributed by atoms with van der Waals surface area (Å²) < 4.78 is 0.621. The molecule has 0 aliphatic rings. The van der Waals surface area contributed by atoms with Crippen molar-refractivity contribution in [3.05, 3.63) is 0 Å². The average Bonchev–Trinajstić information content (AvgIpc) is 2.35. The molecule has 23 heavy (non-hydrogen) atoms. The van der Waals surface area contributed by atoms with E-state index in [0.29, 0.717) is 8.08 Å². The minimum Gasteiger partial charge on any atom is -0.481 e. The molecular formula is C18H35NaO4. The summed E-state index contributed by atoms with van der Waals surface area (Å²) in [5, 5.41) is 15.4. The Labute approximate surface area is 159 Å². The molecule has 0 aromatic heterocycles. The summed E-state index contributed by atoms with van der Waals surface area (Å²) in [5.74, 6) is -2.62. The van der Waals surface area contributed by atoms with Crippen LogP contribution in [-0.4, -0.2) is 50.1 Å². The summed E-state index contributed by atoms with van der Waals surface area (Å²) in [6.07, 6.45) is 10.7. The van der Waals surface area contributed by atoms with Gasteiger partial charge >= 0.3 is 134 Å². The predicted molar refractivity (Wildman–Crippen MR) is 96.1 cm³/mol. The van der Waals surface area contributed by atoms with E-state index < -0.39 is 18.4 Å². The van der Waals surface area contributed by atoms with Crippen molar-refractivity contribution in [3.8, 4) is 0 Å². The van der Waals surface area contributed by atoms with Crippen LogP contribution in [0.4, 0.5) is 0 Å². The van der Waals surface area contributed by atoms with E-state index in [1.807, 2.05) is 0 Å². The normalized spacial score (nSPS) is 13.7. The fourth-order valence-electron chi connectivity index (χ4n) is 2.03. The van der Waals surface area contributed by atoms with E-state index in [1.54, 1.807) is 0 Å². The molecule has 132 valence electrons. The second kappa shape index (κ2) is 13.3. The van der Waals surface area contributed by atoms with Gasteiger partial charge in [-0.3, -0.25) is 9.59 Å². The molecule has 5 heteroatoms. The monoisotopic (exact) mass is 338 g/mol. The van der Waals surface area contributed by atoms with Crippen LogP contribution < -0.4 is 0 Å². The number of aliphatic carboxylic acids is 2. The summed E-state index contributed by atoms with van der Waals surface area (Å²) >= 11 is 1.33. The molecule has 0 spiro atoms. The number of carbonyl (C=O) groups is 2. The Balaban J connectivity index is 0. The molecule has 4 nitrogen and oxygen atoms in total. The molecule has 0 saturated heterocycles. The number of hydrogen-bond donors (Lipinski definition) is 2. The van der Waals surface area contributed by atoms with E-state index in [1.165, 1.54) is 79.3 Å². The van der Waals surface area contributed by atoms with Crippen LogP contribution in [-0.2, 0) is 9.59 Å². The van der Waals surface area contributed by atoms with Crippen molar-refractivity contribution in [2.75, 3.05) is 0 Å². The smallest absolute Gasteiger partial charge is 0.314 e. The van der Waals surface area contributed by atoms with Crippen molar-refractivity contribution >= 4 is 39.9 Å². The molecule has 0 saturated carbocycles. The van der Waals surface area contributed by atoms with Crippen molar-refractivity contribution < 1.29 is 19.8 Å². The maximum atomic E-state index is 9.43. The molecule has 1 atom stereocenters. The zero-order valence-corrected chi connectivity index (χ0v) is 18.1. The molecule has 0 aliphatic heterocycles. The van der Waals surface area contributed by atoms with Gasteiger partial charge in [0.15, 0.2) is 0 Å². The zero-order chi connectivity index (χ0) is 18.5. The number of carboxylic acids is 2. The molecule has 0 rings (SSSR count). The summed E-state index contributed by atoms with van der Waals surface area (Å²) in [6, 6.07) is 0. The van der Waals surface area contributed by atoms with Crippen LogP contribution in [0.2, 0.25) is 2.66 Å². The van der Waals surface area contributed by atoms with Crippen LogP contribution in [0.5, 0.6) is 0 Å². The second-order valence-corrected chi connectivity index (χ2v) is 10.2. The number of unbranched alkanes of at least 4 members (excludes halogenated alkanes) is 6. The van der Waals surface area contributed by atoms with E-state index in [9.17, 15) is 9.59 Å². The molecule has 0 bridgehead atoms. The maximum Gasteiger partial charge on any atom is 0.314 e. The van der Waals surface area contributed by atoms with Gasteiger partial charge in [0.1, 0.15) is 6.42 Å². The third kappa shape index (κ3) is 16.6. The predicted octanol–water partition coefficient (Wildman–Crippen LogP) is 5.07. The molecule has 0 aromatic rings. The van der Waals surface area contributed by atoms with E-state index in [2.05, 4.69) is 34.6 Å². The summed E-state index contributed by atoms with van der Waals surface area (Å²) in [6.45, 7) is 12.0. The topological polar surface area (TPSA) is 74.6 Å². The van der Waals surface area contributed by atoms with Crippen molar-refractivity contribution in [3.63, 3.8) is 0 Å². The Morgan fingerprint density at radius 1 is 0.826 bits per heavy atom. The third-order valence-electron chi connectivity index (χ3n) is 4.74. The van der Waals surface area contributed by atoms with Gasteiger partial charge in [0, 0.05) is 0 Å².